The van der Waals surface area contributed by atoms with Crippen molar-refractivity contribution >= 4 is 17.4 Å². The van der Waals surface area contributed by atoms with E-state index < -0.39 is 11.7 Å². The highest BCUT2D eigenvalue weighted by atomic mass is 35.5. The fourth-order valence-corrected chi connectivity index (χ4v) is 1.17. The molecule has 0 radical (unpaired) electrons. The van der Waals surface area contributed by atoms with Crippen molar-refractivity contribution in [1.82, 2.24) is 4.98 Å². The molecule has 1 rings (SSSR count). The molecule has 0 aliphatic heterocycles. The molecule has 0 saturated carbocycles. The molecule has 0 aromatic carbocycles. The lowest BCUT2D eigenvalue weighted by molar-refractivity contribution is -0.137. The summed E-state index contributed by atoms with van der Waals surface area (Å²) < 4.78 is 36.6. The van der Waals surface area contributed by atoms with Crippen molar-refractivity contribution in [1.29, 1.82) is 0 Å². The Morgan fingerprint density at radius 3 is 2.56 bits per heavy atom. The highest BCUT2D eigenvalue weighted by Gasteiger charge is 2.30. The first kappa shape index (κ1) is 13.1. The predicted octanol–water partition coefficient (Wildman–Crippen LogP) is 3.53. The van der Waals surface area contributed by atoms with E-state index >= 15 is 0 Å². The smallest absolute Gasteiger partial charge is 0.370 e. The van der Waals surface area contributed by atoms with Gasteiger partial charge in [0.15, 0.2) is 0 Å². The predicted molar refractivity (Wildman–Crippen MR) is 57.7 cm³/mol. The summed E-state index contributed by atoms with van der Waals surface area (Å²) in [4.78, 5) is 3.67. The van der Waals surface area contributed by atoms with E-state index in [1.807, 2.05) is 6.92 Å². The summed E-state index contributed by atoms with van der Waals surface area (Å²) in [6, 6.07) is 2.31. The van der Waals surface area contributed by atoms with E-state index in [1.165, 1.54) is 6.07 Å². The van der Waals surface area contributed by atoms with Crippen LogP contribution in [0.15, 0.2) is 18.3 Å². The van der Waals surface area contributed by atoms with Crippen LogP contribution < -0.4 is 5.32 Å². The molecule has 2 nitrogen and oxygen atoms in total. The number of nitrogens with one attached hydrogen (secondary N) is 1. The Morgan fingerprint density at radius 1 is 1.44 bits per heavy atom. The molecule has 1 unspecified atom stereocenters. The molecule has 0 aliphatic rings. The summed E-state index contributed by atoms with van der Waals surface area (Å²) in [6.45, 7) is 2.44. The number of pyridine rings is 1. The van der Waals surface area contributed by atoms with E-state index in [2.05, 4.69) is 10.3 Å². The zero-order valence-corrected chi connectivity index (χ0v) is 9.44. The first-order chi connectivity index (χ1) is 7.39. The lowest BCUT2D eigenvalue weighted by Crippen LogP contribution is -2.09. The second-order valence-corrected chi connectivity index (χ2v) is 4.17. The Hall–Kier alpha value is -0.970. The van der Waals surface area contributed by atoms with Crippen molar-refractivity contribution in [2.45, 2.75) is 24.9 Å². The number of nitrogens with zero attached hydrogens (tertiary/aromatic N) is 1. The van der Waals surface area contributed by atoms with Crippen molar-refractivity contribution in [3.63, 3.8) is 0 Å². The molecule has 1 aromatic heterocycles. The van der Waals surface area contributed by atoms with Crippen LogP contribution in [0.5, 0.6) is 0 Å². The van der Waals surface area contributed by atoms with Crippen LogP contribution in [0.4, 0.5) is 19.0 Å². The quantitative estimate of drug-likeness (QED) is 0.830. The van der Waals surface area contributed by atoms with Gasteiger partial charge in [0.05, 0.1) is 5.56 Å². The largest absolute Gasteiger partial charge is 0.417 e. The zero-order valence-electron chi connectivity index (χ0n) is 8.68. The van der Waals surface area contributed by atoms with Gasteiger partial charge in [0.25, 0.3) is 0 Å². The van der Waals surface area contributed by atoms with Gasteiger partial charge in [-0.2, -0.15) is 13.2 Å². The van der Waals surface area contributed by atoms with Crippen molar-refractivity contribution in [2.75, 3.05) is 11.9 Å². The number of hydrogen-bond donors (Lipinski definition) is 1. The Labute approximate surface area is 96.8 Å². The molecular weight excluding hydrogens is 241 g/mol. The first-order valence-electron chi connectivity index (χ1n) is 4.81. The Bertz CT molecular complexity index is 322. The minimum Gasteiger partial charge on any atom is -0.370 e. The van der Waals surface area contributed by atoms with Crippen LogP contribution in [-0.2, 0) is 6.18 Å². The SMILES string of the molecule is CC(Cl)CCNc1ccc(C(F)(F)F)cn1. The lowest BCUT2D eigenvalue weighted by atomic mass is 10.2. The van der Waals surface area contributed by atoms with Gasteiger partial charge in [-0.15, -0.1) is 11.6 Å². The average molecular weight is 253 g/mol. The third kappa shape index (κ3) is 4.26. The van der Waals surface area contributed by atoms with Gasteiger partial charge in [-0.05, 0) is 25.5 Å². The zero-order chi connectivity index (χ0) is 12.2. The molecule has 0 bridgehead atoms. The van der Waals surface area contributed by atoms with E-state index in [0.29, 0.717) is 12.4 Å². The van der Waals surface area contributed by atoms with Crippen molar-refractivity contribution in [3.05, 3.63) is 23.9 Å². The number of hydrogen-bond acceptors (Lipinski definition) is 2. The fourth-order valence-electron chi connectivity index (χ4n) is 1.07. The molecular formula is C10H12ClF3N2. The second-order valence-electron chi connectivity index (χ2n) is 3.43. The molecule has 1 heterocycles. The maximum Gasteiger partial charge on any atom is 0.417 e. The number of anilines is 1. The summed E-state index contributed by atoms with van der Waals surface area (Å²) in [5, 5.41) is 2.92. The van der Waals surface area contributed by atoms with E-state index in [9.17, 15) is 13.2 Å². The summed E-state index contributed by atoms with van der Waals surface area (Å²) in [5.74, 6) is 0.422. The standard InChI is InChI=1S/C10H12ClF3N2/c1-7(11)4-5-15-9-3-2-8(6-16-9)10(12,13)14/h2-3,6-7H,4-5H2,1H3,(H,15,16). The monoisotopic (exact) mass is 252 g/mol. The molecule has 1 N–H and O–H groups in total. The van der Waals surface area contributed by atoms with Crippen LogP contribution in [0.2, 0.25) is 0 Å². The van der Waals surface area contributed by atoms with Gasteiger partial charge in [-0.3, -0.25) is 0 Å². The minimum atomic E-state index is -4.34. The lowest BCUT2D eigenvalue weighted by Gasteiger charge is -2.09. The van der Waals surface area contributed by atoms with Crippen LogP contribution in [0.3, 0.4) is 0 Å². The van der Waals surface area contributed by atoms with Gasteiger partial charge in [0, 0.05) is 18.1 Å². The topological polar surface area (TPSA) is 24.9 Å². The maximum absolute atomic E-state index is 12.2. The third-order valence-electron chi connectivity index (χ3n) is 1.94. The van der Waals surface area contributed by atoms with Crippen molar-refractivity contribution in [2.24, 2.45) is 0 Å². The van der Waals surface area contributed by atoms with Crippen molar-refractivity contribution in [3.8, 4) is 0 Å². The van der Waals surface area contributed by atoms with Crippen LogP contribution in [0.25, 0.3) is 0 Å². The van der Waals surface area contributed by atoms with Crippen LogP contribution in [0.1, 0.15) is 18.9 Å². The van der Waals surface area contributed by atoms with Gasteiger partial charge in [0.1, 0.15) is 5.82 Å². The molecule has 0 spiro atoms. The number of alkyl halides is 4. The van der Waals surface area contributed by atoms with Gasteiger partial charge >= 0.3 is 6.18 Å². The minimum absolute atomic E-state index is 0.0296. The molecule has 1 aromatic rings. The first-order valence-corrected chi connectivity index (χ1v) is 5.24. The van der Waals surface area contributed by atoms with E-state index in [-0.39, 0.29) is 5.38 Å². The Kier molecular flexibility index (Phi) is 4.41. The summed E-state index contributed by atoms with van der Waals surface area (Å²) in [7, 11) is 0. The average Bonchev–Trinajstić information content (AvgIpc) is 2.16. The Morgan fingerprint density at radius 2 is 2.12 bits per heavy atom. The number of rotatable bonds is 4. The molecule has 0 amide bonds. The summed E-state index contributed by atoms with van der Waals surface area (Å²) in [6.07, 6.45) is -2.80. The normalized spacial score (nSPS) is 13.6. The fraction of sp³-hybridized carbons (Fsp3) is 0.500. The van der Waals surface area contributed by atoms with Crippen LogP contribution in [0, 0.1) is 0 Å². The molecule has 1 atom stereocenters. The van der Waals surface area contributed by atoms with Gasteiger partial charge in [-0.25, -0.2) is 4.98 Å². The van der Waals surface area contributed by atoms with Crippen molar-refractivity contribution < 1.29 is 13.2 Å². The Balaban J connectivity index is 2.52. The summed E-state index contributed by atoms with van der Waals surface area (Å²) in [5.41, 5.74) is -0.747. The van der Waals surface area contributed by atoms with Crippen LogP contribution >= 0.6 is 11.6 Å². The summed E-state index contributed by atoms with van der Waals surface area (Å²) >= 11 is 5.72. The molecule has 16 heavy (non-hydrogen) atoms. The number of aromatic nitrogens is 1. The molecule has 6 heteroatoms. The third-order valence-corrected chi connectivity index (χ3v) is 2.16. The maximum atomic E-state index is 12.2. The van der Waals surface area contributed by atoms with Gasteiger partial charge in [0.2, 0.25) is 0 Å². The van der Waals surface area contributed by atoms with E-state index in [4.69, 9.17) is 11.6 Å². The second kappa shape index (κ2) is 5.39. The van der Waals surface area contributed by atoms with E-state index in [0.717, 1.165) is 18.7 Å². The van der Waals surface area contributed by atoms with Crippen LogP contribution in [-0.4, -0.2) is 16.9 Å². The van der Waals surface area contributed by atoms with Gasteiger partial charge < -0.3 is 5.32 Å². The number of halogens is 4. The highest BCUT2D eigenvalue weighted by Crippen LogP contribution is 2.28. The molecule has 0 aliphatic carbocycles. The van der Waals surface area contributed by atoms with E-state index in [1.54, 1.807) is 0 Å². The highest BCUT2D eigenvalue weighted by molar-refractivity contribution is 6.20. The van der Waals surface area contributed by atoms with Gasteiger partial charge in [-0.1, -0.05) is 0 Å². The molecule has 0 saturated heterocycles. The molecule has 0 fully saturated rings. The molecule has 90 valence electrons.